The highest BCUT2D eigenvalue weighted by atomic mass is 32.2. The van der Waals surface area contributed by atoms with Crippen LogP contribution in [-0.4, -0.2) is 28.8 Å². The molecule has 1 aromatic heterocycles. The SMILES string of the molecule is O=S(=O)([O-])C(F)(F)F.c1ccc(-c2c[nH+][nH]n2)cc1. The minimum absolute atomic E-state index is 0.936. The molecule has 0 fully saturated rings. The highest BCUT2D eigenvalue weighted by Gasteiger charge is 2.36. The molecule has 0 unspecified atom stereocenters. The Bertz CT molecular complexity index is 597. The van der Waals surface area contributed by atoms with Gasteiger partial charge in [-0.15, -0.1) is 0 Å². The van der Waals surface area contributed by atoms with Crippen LogP contribution in [0.3, 0.4) is 0 Å². The summed E-state index contributed by atoms with van der Waals surface area (Å²) >= 11 is 0. The van der Waals surface area contributed by atoms with Crippen molar-refractivity contribution in [2.24, 2.45) is 0 Å². The number of rotatable bonds is 1. The molecule has 1 aromatic carbocycles. The minimum atomic E-state index is -6.09. The van der Waals surface area contributed by atoms with E-state index < -0.39 is 15.6 Å². The number of hydrogen-bond acceptors (Lipinski definition) is 4. The molecule has 2 aromatic rings. The number of alkyl halides is 3. The fourth-order valence-corrected chi connectivity index (χ4v) is 0.982. The Kier molecular flexibility index (Phi) is 4.62. The summed E-state index contributed by atoms with van der Waals surface area (Å²) in [4.78, 5) is 0. The van der Waals surface area contributed by atoms with Gasteiger partial charge in [-0.25, -0.2) is 8.42 Å². The van der Waals surface area contributed by atoms with Crippen LogP contribution in [0.1, 0.15) is 0 Å². The summed E-state index contributed by atoms with van der Waals surface area (Å²) in [5.41, 5.74) is -3.59. The van der Waals surface area contributed by atoms with Crippen molar-refractivity contribution in [3.05, 3.63) is 36.5 Å². The maximum atomic E-state index is 10.7. The lowest BCUT2D eigenvalue weighted by Gasteiger charge is -2.08. The van der Waals surface area contributed by atoms with Crippen LogP contribution in [-0.2, 0) is 10.1 Å². The molecule has 0 aliphatic rings. The molecule has 0 bridgehead atoms. The van der Waals surface area contributed by atoms with Gasteiger partial charge in [-0.2, -0.15) is 18.3 Å². The first-order valence-corrected chi connectivity index (χ1v) is 6.11. The summed E-state index contributed by atoms with van der Waals surface area (Å²) in [6.07, 6.45) is 1.83. The van der Waals surface area contributed by atoms with E-state index in [2.05, 4.69) is 15.4 Å². The first-order chi connectivity index (χ1) is 8.72. The zero-order valence-corrected chi connectivity index (χ0v) is 9.99. The summed E-state index contributed by atoms with van der Waals surface area (Å²) < 4.78 is 58.9. The van der Waals surface area contributed by atoms with Gasteiger partial charge >= 0.3 is 5.51 Å². The molecule has 104 valence electrons. The predicted molar refractivity (Wildman–Crippen MR) is 56.3 cm³/mol. The summed E-state index contributed by atoms with van der Waals surface area (Å²) in [7, 11) is -6.09. The van der Waals surface area contributed by atoms with Gasteiger partial charge in [0, 0.05) is 10.7 Å². The molecule has 0 atom stereocenters. The van der Waals surface area contributed by atoms with Crippen molar-refractivity contribution in [3.8, 4) is 11.3 Å². The van der Waals surface area contributed by atoms with Crippen molar-refractivity contribution in [2.45, 2.75) is 5.51 Å². The van der Waals surface area contributed by atoms with Crippen molar-refractivity contribution in [1.82, 2.24) is 10.3 Å². The number of hydrogen-bond donors (Lipinski definition) is 1. The third kappa shape index (κ3) is 4.67. The van der Waals surface area contributed by atoms with Crippen molar-refractivity contribution in [1.29, 1.82) is 0 Å². The summed E-state index contributed by atoms with van der Waals surface area (Å²) in [6, 6.07) is 10.0. The maximum absolute atomic E-state index is 10.7. The van der Waals surface area contributed by atoms with E-state index in [-0.39, 0.29) is 0 Å². The summed E-state index contributed by atoms with van der Waals surface area (Å²) in [5, 5.41) is 9.45. The molecule has 10 heteroatoms. The van der Waals surface area contributed by atoms with E-state index in [1.54, 1.807) is 0 Å². The molecular formula is C9H8F3N3O3S. The van der Waals surface area contributed by atoms with E-state index in [1.807, 2.05) is 36.5 Å². The Morgan fingerprint density at radius 1 is 1.21 bits per heavy atom. The van der Waals surface area contributed by atoms with Gasteiger partial charge in [-0.05, 0) is 0 Å². The van der Waals surface area contributed by atoms with E-state index in [0.717, 1.165) is 11.3 Å². The average molecular weight is 295 g/mol. The molecule has 1 heterocycles. The average Bonchev–Trinajstić information content (AvgIpc) is 2.81. The monoisotopic (exact) mass is 295 g/mol. The normalized spacial score (nSPS) is 11.6. The maximum Gasteiger partial charge on any atom is 0.485 e. The number of nitrogens with zero attached hydrogens (tertiary/aromatic N) is 1. The summed E-state index contributed by atoms with van der Waals surface area (Å²) in [5.74, 6) is 0. The number of aromatic nitrogens is 3. The fourth-order valence-electron chi connectivity index (χ4n) is 0.982. The lowest BCUT2D eigenvalue weighted by atomic mass is 10.2. The molecule has 0 saturated carbocycles. The van der Waals surface area contributed by atoms with E-state index in [9.17, 15) is 13.2 Å². The van der Waals surface area contributed by atoms with E-state index in [4.69, 9.17) is 13.0 Å². The Morgan fingerprint density at radius 3 is 2.11 bits per heavy atom. The highest BCUT2D eigenvalue weighted by molar-refractivity contribution is 7.86. The predicted octanol–water partition coefficient (Wildman–Crippen LogP) is 0.942. The van der Waals surface area contributed by atoms with Crippen LogP contribution in [0.5, 0.6) is 0 Å². The van der Waals surface area contributed by atoms with Gasteiger partial charge < -0.3 is 4.55 Å². The van der Waals surface area contributed by atoms with Crippen LogP contribution in [0.4, 0.5) is 13.2 Å². The molecule has 2 rings (SSSR count). The first-order valence-electron chi connectivity index (χ1n) is 4.71. The van der Waals surface area contributed by atoms with Gasteiger partial charge in [0.05, 0.1) is 0 Å². The molecule has 6 nitrogen and oxygen atoms in total. The zero-order chi connectivity index (χ0) is 14.5. The summed E-state index contributed by atoms with van der Waals surface area (Å²) in [6.45, 7) is 0. The smallest absolute Gasteiger partial charge is 0.485 e. The Balaban J connectivity index is 0.000000203. The van der Waals surface area contributed by atoms with E-state index in [0.29, 0.717) is 0 Å². The zero-order valence-electron chi connectivity index (χ0n) is 9.18. The second-order valence-electron chi connectivity index (χ2n) is 3.16. The van der Waals surface area contributed by atoms with Gasteiger partial charge in [0.1, 0.15) is 0 Å². The fraction of sp³-hybridized carbons (Fsp3) is 0.111. The van der Waals surface area contributed by atoms with Gasteiger partial charge in [-0.3, -0.25) is 0 Å². The third-order valence-electron chi connectivity index (χ3n) is 1.80. The van der Waals surface area contributed by atoms with Crippen molar-refractivity contribution in [2.75, 3.05) is 0 Å². The molecule has 0 radical (unpaired) electrons. The van der Waals surface area contributed by atoms with Crippen LogP contribution in [0.2, 0.25) is 0 Å². The molecule has 0 aliphatic carbocycles. The highest BCUT2D eigenvalue weighted by Crippen LogP contribution is 2.20. The Morgan fingerprint density at radius 2 is 1.74 bits per heavy atom. The van der Waals surface area contributed by atoms with Crippen LogP contribution in [0.15, 0.2) is 36.5 Å². The lowest BCUT2D eigenvalue weighted by molar-refractivity contribution is -0.454. The second kappa shape index (κ2) is 5.80. The molecule has 0 amide bonds. The van der Waals surface area contributed by atoms with Gasteiger partial charge in [-0.1, -0.05) is 35.5 Å². The second-order valence-corrected chi connectivity index (χ2v) is 4.53. The quantitative estimate of drug-likeness (QED) is 0.625. The molecule has 0 spiro atoms. The van der Waals surface area contributed by atoms with Crippen molar-refractivity contribution >= 4 is 10.1 Å². The minimum Gasteiger partial charge on any atom is -0.741 e. The first kappa shape index (κ1) is 15.1. The van der Waals surface area contributed by atoms with Crippen LogP contribution >= 0.6 is 0 Å². The number of H-pyrrole nitrogens is 2. The van der Waals surface area contributed by atoms with Crippen LogP contribution < -0.4 is 5.10 Å². The van der Waals surface area contributed by atoms with Gasteiger partial charge in [0.2, 0.25) is 5.69 Å². The van der Waals surface area contributed by atoms with E-state index >= 15 is 0 Å². The molecular weight excluding hydrogens is 287 g/mol. The topological polar surface area (TPSA) is 100 Å². The molecule has 0 saturated heterocycles. The molecule has 2 N–H and O–H groups in total. The van der Waals surface area contributed by atoms with Gasteiger partial charge in [0.15, 0.2) is 16.3 Å². The van der Waals surface area contributed by atoms with E-state index in [1.165, 1.54) is 0 Å². The largest absolute Gasteiger partial charge is 0.741 e. The molecule has 19 heavy (non-hydrogen) atoms. The van der Waals surface area contributed by atoms with Crippen molar-refractivity contribution < 1.29 is 31.2 Å². The molecule has 0 aliphatic heterocycles. The standard InChI is InChI=1S/C8H7N3.CHF3O3S/c1-2-4-7(5-3-1)8-6-9-11-10-8;2-1(3,4)8(5,6)7/h1-6H,(H,9,10,11);(H,5,6,7). The number of nitrogens with one attached hydrogen (secondary N) is 2. The number of aromatic amines is 2. The van der Waals surface area contributed by atoms with Gasteiger partial charge in [0.25, 0.3) is 0 Å². The lowest BCUT2D eigenvalue weighted by Crippen LogP contribution is -2.21. The number of benzene rings is 1. The number of halogens is 3. The van der Waals surface area contributed by atoms with Crippen LogP contribution in [0.25, 0.3) is 11.3 Å². The van der Waals surface area contributed by atoms with Crippen LogP contribution in [0, 0.1) is 0 Å². The third-order valence-corrected chi connectivity index (χ3v) is 2.37. The Labute approximate surface area is 106 Å². The Hall–Kier alpha value is -1.94. The van der Waals surface area contributed by atoms with Crippen molar-refractivity contribution in [3.63, 3.8) is 0 Å².